The third-order valence-electron chi connectivity index (χ3n) is 3.70. The summed E-state index contributed by atoms with van der Waals surface area (Å²) in [4.78, 5) is 14.5. The number of carbonyl (C=O) groups is 1. The topological polar surface area (TPSA) is 74.2 Å². The minimum Gasteiger partial charge on any atom is -0.465 e. The summed E-state index contributed by atoms with van der Waals surface area (Å²) in [5.74, 6) is -1.78. The molecule has 0 aliphatic carbocycles. The van der Waals surface area contributed by atoms with Gasteiger partial charge in [0.05, 0.1) is 11.5 Å². The second-order valence-electron chi connectivity index (χ2n) is 5.62. The van der Waals surface area contributed by atoms with Crippen LogP contribution in [0.15, 0.2) is 18.3 Å². The van der Waals surface area contributed by atoms with E-state index >= 15 is 0 Å². The first-order valence-electron chi connectivity index (χ1n) is 6.53. The number of amides is 1. The Labute approximate surface area is 129 Å². The zero-order chi connectivity index (χ0) is 16.5. The summed E-state index contributed by atoms with van der Waals surface area (Å²) in [5, 5.41) is 13.9. The molecule has 0 spiro atoms. The smallest absolute Gasteiger partial charge is 0.405 e. The summed E-state index contributed by atoms with van der Waals surface area (Å²) in [5.41, 5.74) is -0.950. The Balaban J connectivity index is 2.25. The Bertz CT molecular complexity index is 552. The van der Waals surface area contributed by atoms with Crippen LogP contribution >= 0.6 is 11.6 Å². The Morgan fingerprint density at radius 2 is 2.27 bits per heavy atom. The van der Waals surface area contributed by atoms with Crippen molar-refractivity contribution in [2.24, 2.45) is 0 Å². The van der Waals surface area contributed by atoms with Crippen LogP contribution in [0.2, 0.25) is 5.15 Å². The number of nitrogens with zero attached hydrogens (tertiary/aromatic N) is 1. The van der Waals surface area contributed by atoms with Crippen molar-refractivity contribution in [3.05, 3.63) is 29.0 Å². The van der Waals surface area contributed by atoms with Crippen LogP contribution in [-0.2, 0) is 0 Å². The lowest BCUT2D eigenvalue weighted by Gasteiger charge is -2.28. The van der Waals surface area contributed by atoms with Gasteiger partial charge < -0.3 is 15.7 Å². The lowest BCUT2D eigenvalue weighted by Crippen LogP contribution is -2.46. The molecule has 0 radical (unpaired) electrons. The molecule has 0 aromatic carbocycles. The summed E-state index contributed by atoms with van der Waals surface area (Å²) >= 11 is 5.61. The fraction of sp³-hybridized carbons (Fsp3) is 0.538. The number of rotatable bonds is 3. The van der Waals surface area contributed by atoms with Gasteiger partial charge in [-0.05, 0) is 25.0 Å². The molecule has 3 unspecified atom stereocenters. The molecule has 9 heteroatoms. The van der Waals surface area contributed by atoms with Gasteiger partial charge in [0.2, 0.25) is 0 Å². The van der Waals surface area contributed by atoms with Crippen LogP contribution in [0.4, 0.5) is 18.0 Å². The number of nitrogens with one attached hydrogen (secondary N) is 2. The molecule has 0 saturated carbocycles. The maximum absolute atomic E-state index is 13.4. The first kappa shape index (κ1) is 16.8. The predicted molar refractivity (Wildman–Crippen MR) is 74.0 cm³/mol. The highest BCUT2D eigenvalue weighted by Gasteiger charge is 2.50. The molecule has 1 aliphatic heterocycles. The van der Waals surface area contributed by atoms with E-state index in [0.29, 0.717) is 0 Å². The lowest BCUT2D eigenvalue weighted by atomic mass is 9.87. The molecule has 3 N–H and O–H groups in total. The maximum atomic E-state index is 13.4. The largest absolute Gasteiger partial charge is 0.465 e. The van der Waals surface area contributed by atoms with Gasteiger partial charge in [0.15, 0.2) is 0 Å². The molecule has 2 heterocycles. The monoisotopic (exact) mass is 337 g/mol. The number of hydrogen-bond donors (Lipinski definition) is 3. The number of aromatic nitrogens is 1. The number of pyridine rings is 1. The van der Waals surface area contributed by atoms with E-state index in [1.807, 2.05) is 0 Å². The predicted octanol–water partition coefficient (Wildman–Crippen LogP) is 2.77. The summed E-state index contributed by atoms with van der Waals surface area (Å²) in [6, 6.07) is 1.65. The third kappa shape index (κ3) is 3.80. The number of alkyl halides is 3. The van der Waals surface area contributed by atoms with Crippen LogP contribution in [0.1, 0.15) is 24.8 Å². The number of halogens is 4. The quantitative estimate of drug-likeness (QED) is 0.741. The molecule has 1 fully saturated rings. The van der Waals surface area contributed by atoms with Crippen LogP contribution in [0.25, 0.3) is 0 Å². The minimum atomic E-state index is -4.48. The first-order chi connectivity index (χ1) is 10.1. The molecule has 1 aromatic rings. The van der Waals surface area contributed by atoms with Crippen LogP contribution in [0, 0.1) is 0 Å². The Kier molecular flexibility index (Phi) is 4.53. The van der Waals surface area contributed by atoms with Gasteiger partial charge in [0.25, 0.3) is 0 Å². The third-order valence-corrected chi connectivity index (χ3v) is 3.92. The van der Waals surface area contributed by atoms with E-state index in [2.05, 4.69) is 15.6 Å². The molecule has 22 heavy (non-hydrogen) atoms. The van der Waals surface area contributed by atoms with Gasteiger partial charge in [-0.3, -0.25) is 0 Å². The van der Waals surface area contributed by atoms with Crippen LogP contribution in [0.3, 0.4) is 0 Å². The van der Waals surface area contributed by atoms with E-state index in [4.69, 9.17) is 16.7 Å². The fourth-order valence-electron chi connectivity index (χ4n) is 2.80. The summed E-state index contributed by atoms with van der Waals surface area (Å²) in [6.45, 7) is 1.69. The van der Waals surface area contributed by atoms with Gasteiger partial charge in [0, 0.05) is 18.8 Å². The van der Waals surface area contributed by atoms with Crippen molar-refractivity contribution in [1.82, 2.24) is 15.6 Å². The summed E-state index contributed by atoms with van der Waals surface area (Å²) < 4.78 is 40.3. The van der Waals surface area contributed by atoms with E-state index in [-0.39, 0.29) is 23.7 Å². The highest BCUT2D eigenvalue weighted by molar-refractivity contribution is 6.29. The zero-order valence-corrected chi connectivity index (χ0v) is 12.4. The van der Waals surface area contributed by atoms with Crippen molar-refractivity contribution < 1.29 is 23.1 Å². The van der Waals surface area contributed by atoms with E-state index in [9.17, 15) is 18.0 Å². The van der Waals surface area contributed by atoms with Gasteiger partial charge in [-0.15, -0.1) is 0 Å². The van der Waals surface area contributed by atoms with Crippen LogP contribution in [0.5, 0.6) is 0 Å². The number of carboxylic acid groups (broad SMARTS) is 1. The standard InChI is InChI=1S/C13H15ClF3N3O2/c1-12(20-11(21)22)4-8(19-6-12)10(13(15,16)17)7-2-3-9(14)18-5-7/h2-3,5,8,10,19-20H,4,6H2,1H3,(H,21,22). The maximum Gasteiger partial charge on any atom is 0.405 e. The second kappa shape index (κ2) is 5.92. The Morgan fingerprint density at radius 1 is 1.59 bits per heavy atom. The van der Waals surface area contributed by atoms with Gasteiger partial charge in [-0.1, -0.05) is 17.7 Å². The molecule has 0 bridgehead atoms. The first-order valence-corrected chi connectivity index (χ1v) is 6.91. The molecule has 122 valence electrons. The average Bonchev–Trinajstić information content (AvgIpc) is 2.71. The van der Waals surface area contributed by atoms with Crippen molar-refractivity contribution >= 4 is 17.7 Å². The van der Waals surface area contributed by atoms with E-state index in [0.717, 1.165) is 6.20 Å². The second-order valence-corrected chi connectivity index (χ2v) is 6.00. The Hall–Kier alpha value is -1.54. The fourth-order valence-corrected chi connectivity index (χ4v) is 2.91. The van der Waals surface area contributed by atoms with Crippen LogP contribution in [-0.4, -0.2) is 40.5 Å². The van der Waals surface area contributed by atoms with Crippen molar-refractivity contribution in [1.29, 1.82) is 0 Å². The minimum absolute atomic E-state index is 0.00558. The van der Waals surface area contributed by atoms with Crippen molar-refractivity contribution in [3.63, 3.8) is 0 Å². The van der Waals surface area contributed by atoms with Gasteiger partial charge in [-0.25, -0.2) is 9.78 Å². The van der Waals surface area contributed by atoms with Crippen LogP contribution < -0.4 is 10.6 Å². The molecule has 1 amide bonds. The molecule has 2 rings (SSSR count). The summed E-state index contributed by atoms with van der Waals surface area (Å²) in [6.07, 6.45) is -4.63. The van der Waals surface area contributed by atoms with Gasteiger partial charge in [0.1, 0.15) is 5.15 Å². The van der Waals surface area contributed by atoms with E-state index in [1.165, 1.54) is 12.1 Å². The van der Waals surface area contributed by atoms with Crippen molar-refractivity contribution in [2.75, 3.05) is 6.54 Å². The van der Waals surface area contributed by atoms with Crippen molar-refractivity contribution in [2.45, 2.75) is 37.0 Å². The lowest BCUT2D eigenvalue weighted by molar-refractivity contribution is -0.156. The van der Waals surface area contributed by atoms with Crippen molar-refractivity contribution in [3.8, 4) is 0 Å². The normalized spacial score (nSPS) is 26.7. The molecule has 1 saturated heterocycles. The summed E-state index contributed by atoms with van der Waals surface area (Å²) in [7, 11) is 0. The zero-order valence-electron chi connectivity index (χ0n) is 11.6. The van der Waals surface area contributed by atoms with E-state index in [1.54, 1.807) is 6.92 Å². The van der Waals surface area contributed by atoms with E-state index < -0.39 is 29.8 Å². The molecular formula is C13H15ClF3N3O2. The average molecular weight is 338 g/mol. The molecule has 1 aromatic heterocycles. The highest BCUT2D eigenvalue weighted by Crippen LogP contribution is 2.41. The SMILES string of the molecule is CC1(NC(=O)O)CNC(C(c2ccc(Cl)nc2)C(F)(F)F)C1. The van der Waals surface area contributed by atoms with Gasteiger partial charge in [-0.2, -0.15) is 13.2 Å². The Morgan fingerprint density at radius 3 is 2.77 bits per heavy atom. The molecular weight excluding hydrogens is 323 g/mol. The molecule has 1 aliphatic rings. The molecule has 3 atom stereocenters. The highest BCUT2D eigenvalue weighted by atomic mass is 35.5. The molecule has 5 nitrogen and oxygen atoms in total. The number of hydrogen-bond acceptors (Lipinski definition) is 3. The van der Waals surface area contributed by atoms with Gasteiger partial charge >= 0.3 is 12.3 Å².